The van der Waals surface area contributed by atoms with E-state index < -0.39 is 22.1 Å². The number of nitrogens with one attached hydrogen (secondary N) is 2. The van der Waals surface area contributed by atoms with E-state index in [0.29, 0.717) is 11.6 Å². The molecular formula is C16H15F3N2O3S. The summed E-state index contributed by atoms with van der Waals surface area (Å²) in [6, 6.07) is 11.2. The minimum atomic E-state index is -4.89. The van der Waals surface area contributed by atoms with Gasteiger partial charge in [-0.05, 0) is 29.8 Å². The van der Waals surface area contributed by atoms with Gasteiger partial charge in [0.05, 0.1) is 4.90 Å². The Morgan fingerprint density at radius 1 is 1.08 bits per heavy atom. The fraction of sp³-hybridized carbons (Fsp3) is 0.250. The van der Waals surface area contributed by atoms with Crippen LogP contribution < -0.4 is 14.8 Å². The van der Waals surface area contributed by atoms with Gasteiger partial charge in [-0.3, -0.25) is 4.72 Å². The number of alkyl halides is 3. The molecule has 0 radical (unpaired) electrons. The van der Waals surface area contributed by atoms with Crippen LogP contribution in [0.4, 0.5) is 18.9 Å². The van der Waals surface area contributed by atoms with Crippen molar-refractivity contribution in [3.63, 3.8) is 0 Å². The van der Waals surface area contributed by atoms with Crippen molar-refractivity contribution < 1.29 is 26.3 Å². The third-order valence-electron chi connectivity index (χ3n) is 3.74. The minimum Gasteiger partial charge on any atom is -0.406 e. The molecular weight excluding hydrogens is 357 g/mol. The molecule has 0 aliphatic carbocycles. The van der Waals surface area contributed by atoms with E-state index in [2.05, 4.69) is 14.8 Å². The van der Waals surface area contributed by atoms with Gasteiger partial charge in [0.2, 0.25) is 0 Å². The molecule has 2 aromatic carbocycles. The van der Waals surface area contributed by atoms with E-state index in [4.69, 9.17) is 0 Å². The number of halogens is 3. The lowest BCUT2D eigenvalue weighted by atomic mass is 9.94. The van der Waals surface area contributed by atoms with Gasteiger partial charge in [-0.25, -0.2) is 8.42 Å². The lowest BCUT2D eigenvalue weighted by molar-refractivity contribution is -0.274. The molecule has 0 unspecified atom stereocenters. The second-order valence-electron chi connectivity index (χ2n) is 5.61. The first-order chi connectivity index (χ1) is 11.7. The van der Waals surface area contributed by atoms with Gasteiger partial charge in [0.25, 0.3) is 10.0 Å². The lowest BCUT2D eigenvalue weighted by Gasteiger charge is -2.27. The van der Waals surface area contributed by atoms with Crippen molar-refractivity contribution in [2.75, 3.05) is 17.8 Å². The SMILES string of the molecule is O=S(=O)(Nc1cccc(C2CNC2)c1)c1cccc(OC(F)(F)F)c1. The van der Waals surface area contributed by atoms with E-state index in [1.54, 1.807) is 18.2 Å². The third kappa shape index (κ3) is 4.43. The molecule has 1 saturated heterocycles. The average molecular weight is 372 g/mol. The molecule has 0 atom stereocenters. The first-order valence-electron chi connectivity index (χ1n) is 7.42. The molecule has 0 saturated carbocycles. The smallest absolute Gasteiger partial charge is 0.406 e. The molecule has 134 valence electrons. The Morgan fingerprint density at radius 3 is 2.44 bits per heavy atom. The standard InChI is InChI=1S/C16H15F3N2O3S/c17-16(18,19)24-14-5-2-6-15(8-14)25(22,23)21-13-4-1-3-11(7-13)12-9-20-10-12/h1-8,12,20-21H,9-10H2. The van der Waals surface area contributed by atoms with Crippen LogP contribution in [-0.4, -0.2) is 27.9 Å². The van der Waals surface area contributed by atoms with E-state index in [-0.39, 0.29) is 4.90 Å². The van der Waals surface area contributed by atoms with Crippen molar-refractivity contribution in [1.29, 1.82) is 0 Å². The van der Waals surface area contributed by atoms with Gasteiger partial charge in [-0.1, -0.05) is 18.2 Å². The molecule has 5 nitrogen and oxygen atoms in total. The third-order valence-corrected chi connectivity index (χ3v) is 5.12. The molecule has 0 spiro atoms. The molecule has 1 heterocycles. The highest BCUT2D eigenvalue weighted by molar-refractivity contribution is 7.92. The molecule has 0 aromatic heterocycles. The van der Waals surface area contributed by atoms with Gasteiger partial charge in [0.15, 0.2) is 0 Å². The second-order valence-corrected chi connectivity index (χ2v) is 7.29. The minimum absolute atomic E-state index is 0.315. The first-order valence-corrected chi connectivity index (χ1v) is 8.90. The van der Waals surface area contributed by atoms with Gasteiger partial charge in [-0.15, -0.1) is 13.2 Å². The van der Waals surface area contributed by atoms with Crippen molar-refractivity contribution >= 4 is 15.7 Å². The number of ether oxygens (including phenoxy) is 1. The van der Waals surface area contributed by atoms with Crippen molar-refractivity contribution in [3.05, 3.63) is 54.1 Å². The maximum atomic E-state index is 12.4. The number of sulfonamides is 1. The molecule has 2 N–H and O–H groups in total. The number of benzene rings is 2. The van der Waals surface area contributed by atoms with Crippen LogP contribution in [0.2, 0.25) is 0 Å². The zero-order chi connectivity index (χ0) is 18.1. The Kier molecular flexibility index (Phi) is 4.61. The van der Waals surface area contributed by atoms with Crippen molar-refractivity contribution in [2.45, 2.75) is 17.2 Å². The highest BCUT2D eigenvalue weighted by Gasteiger charge is 2.31. The number of hydrogen-bond donors (Lipinski definition) is 2. The van der Waals surface area contributed by atoms with Crippen LogP contribution in [0.15, 0.2) is 53.4 Å². The zero-order valence-corrected chi connectivity index (χ0v) is 13.7. The summed E-state index contributed by atoms with van der Waals surface area (Å²) in [7, 11) is -4.04. The quantitative estimate of drug-likeness (QED) is 0.847. The summed E-state index contributed by atoms with van der Waals surface area (Å²) in [6.07, 6.45) is -4.89. The zero-order valence-electron chi connectivity index (χ0n) is 12.9. The predicted molar refractivity (Wildman–Crippen MR) is 86.0 cm³/mol. The molecule has 1 aliphatic heterocycles. The van der Waals surface area contributed by atoms with Crippen LogP contribution in [0.5, 0.6) is 5.75 Å². The maximum absolute atomic E-state index is 12.4. The van der Waals surface area contributed by atoms with Crippen LogP contribution in [0.3, 0.4) is 0 Å². The van der Waals surface area contributed by atoms with Gasteiger partial charge in [0.1, 0.15) is 5.75 Å². The van der Waals surface area contributed by atoms with Gasteiger partial charge in [-0.2, -0.15) is 0 Å². The summed E-state index contributed by atoms with van der Waals surface area (Å²) in [5, 5.41) is 3.13. The van der Waals surface area contributed by atoms with Gasteiger partial charge < -0.3 is 10.1 Å². The number of hydrogen-bond acceptors (Lipinski definition) is 4. The molecule has 1 aliphatic rings. The molecule has 2 aromatic rings. The Labute approximate surface area is 142 Å². The molecule has 25 heavy (non-hydrogen) atoms. The maximum Gasteiger partial charge on any atom is 0.573 e. The normalized spacial score (nSPS) is 15.5. The van der Waals surface area contributed by atoms with E-state index in [1.807, 2.05) is 6.07 Å². The number of anilines is 1. The van der Waals surface area contributed by atoms with Crippen molar-refractivity contribution in [1.82, 2.24) is 5.32 Å². The highest BCUT2D eigenvalue weighted by atomic mass is 32.2. The Hall–Kier alpha value is -2.26. The van der Waals surface area contributed by atoms with Gasteiger partial charge in [0, 0.05) is 30.8 Å². The first kappa shape index (κ1) is 17.6. The van der Waals surface area contributed by atoms with E-state index >= 15 is 0 Å². The predicted octanol–water partition coefficient (Wildman–Crippen LogP) is 3.07. The van der Waals surface area contributed by atoms with Crippen LogP contribution in [0.1, 0.15) is 11.5 Å². The Morgan fingerprint density at radius 2 is 1.80 bits per heavy atom. The lowest BCUT2D eigenvalue weighted by Crippen LogP contribution is -2.39. The fourth-order valence-electron chi connectivity index (χ4n) is 2.43. The average Bonchev–Trinajstić information content (AvgIpc) is 2.44. The largest absolute Gasteiger partial charge is 0.573 e. The second kappa shape index (κ2) is 6.57. The highest BCUT2D eigenvalue weighted by Crippen LogP contribution is 2.27. The van der Waals surface area contributed by atoms with E-state index in [1.165, 1.54) is 12.1 Å². The Balaban J connectivity index is 1.81. The topological polar surface area (TPSA) is 67.4 Å². The molecule has 1 fully saturated rings. The number of rotatable bonds is 5. The van der Waals surface area contributed by atoms with E-state index in [9.17, 15) is 21.6 Å². The molecule has 9 heteroatoms. The molecule has 0 bridgehead atoms. The summed E-state index contributed by atoms with van der Waals surface area (Å²) in [4.78, 5) is -0.315. The van der Waals surface area contributed by atoms with Crippen LogP contribution in [0.25, 0.3) is 0 Å². The summed E-state index contributed by atoms with van der Waals surface area (Å²) in [6.45, 7) is 1.65. The van der Waals surface area contributed by atoms with Crippen molar-refractivity contribution in [3.8, 4) is 5.75 Å². The summed E-state index contributed by atoms with van der Waals surface area (Å²) in [5.41, 5.74) is 1.35. The molecule has 3 rings (SSSR count). The molecule has 0 amide bonds. The fourth-order valence-corrected chi connectivity index (χ4v) is 3.52. The van der Waals surface area contributed by atoms with Crippen molar-refractivity contribution in [2.24, 2.45) is 0 Å². The Bertz CT molecular complexity index is 865. The summed E-state index contributed by atoms with van der Waals surface area (Å²) >= 11 is 0. The summed E-state index contributed by atoms with van der Waals surface area (Å²) in [5.74, 6) is -0.266. The van der Waals surface area contributed by atoms with E-state index in [0.717, 1.165) is 30.8 Å². The van der Waals surface area contributed by atoms with Gasteiger partial charge >= 0.3 is 6.36 Å². The van der Waals surface area contributed by atoms with Crippen LogP contribution >= 0.6 is 0 Å². The monoisotopic (exact) mass is 372 g/mol. The van der Waals surface area contributed by atoms with Crippen LogP contribution in [0, 0.1) is 0 Å². The summed E-state index contributed by atoms with van der Waals surface area (Å²) < 4.78 is 67.8. The van der Waals surface area contributed by atoms with Crippen LogP contribution in [-0.2, 0) is 10.0 Å².